The van der Waals surface area contributed by atoms with Gasteiger partial charge in [-0.15, -0.1) is 0 Å². The second-order valence-electron chi connectivity index (χ2n) is 3.13. The summed E-state index contributed by atoms with van der Waals surface area (Å²) in [7, 11) is 0. The number of hydrogen-bond acceptors (Lipinski definition) is 3. The molecule has 0 bridgehead atoms. The minimum Gasteiger partial charge on any atom is -0.508 e. The standard InChI is InChI=1S/C6H6O2.C6H14O/c7-5-1-2-6(8)4-3-5;1-3-5-7-6-4-2/h1-4,7-8H;3-6H2,1-2H3. The minimum absolute atomic E-state index is 0.169. The summed E-state index contributed by atoms with van der Waals surface area (Å²) in [4.78, 5) is 0. The van der Waals surface area contributed by atoms with Gasteiger partial charge in [-0.1, -0.05) is 13.8 Å². The first-order valence-corrected chi connectivity index (χ1v) is 5.26. The van der Waals surface area contributed by atoms with Gasteiger partial charge in [-0.05, 0) is 37.1 Å². The van der Waals surface area contributed by atoms with Gasteiger partial charge in [-0.25, -0.2) is 0 Å². The largest absolute Gasteiger partial charge is 0.508 e. The Labute approximate surface area is 91.3 Å². The molecule has 1 aromatic carbocycles. The summed E-state index contributed by atoms with van der Waals surface area (Å²) in [5.41, 5.74) is 0. The normalized spacial score (nSPS) is 9.20. The van der Waals surface area contributed by atoms with Crippen LogP contribution in [0.5, 0.6) is 11.5 Å². The maximum atomic E-state index is 8.65. The molecule has 0 aromatic heterocycles. The molecule has 0 radical (unpaired) electrons. The molecule has 2 N–H and O–H groups in total. The number of aromatic hydroxyl groups is 2. The highest BCUT2D eigenvalue weighted by Crippen LogP contribution is 2.13. The lowest BCUT2D eigenvalue weighted by molar-refractivity contribution is 0.135. The molecule has 1 aromatic rings. The van der Waals surface area contributed by atoms with Crippen molar-refractivity contribution in [3.05, 3.63) is 24.3 Å². The fourth-order valence-corrected chi connectivity index (χ4v) is 0.843. The molecule has 0 fully saturated rings. The van der Waals surface area contributed by atoms with E-state index in [1.165, 1.54) is 24.3 Å². The summed E-state index contributed by atoms with van der Waals surface area (Å²) in [6.45, 7) is 6.09. The van der Waals surface area contributed by atoms with Crippen molar-refractivity contribution >= 4 is 0 Å². The van der Waals surface area contributed by atoms with Gasteiger partial charge in [0.15, 0.2) is 0 Å². The number of phenols is 2. The SMILES string of the molecule is CCCOCCC.Oc1ccc(O)cc1. The Morgan fingerprint density at radius 2 is 1.20 bits per heavy atom. The van der Waals surface area contributed by atoms with Gasteiger partial charge in [-0.2, -0.15) is 0 Å². The van der Waals surface area contributed by atoms with E-state index in [2.05, 4.69) is 13.8 Å². The van der Waals surface area contributed by atoms with Gasteiger partial charge < -0.3 is 14.9 Å². The van der Waals surface area contributed by atoms with Crippen LogP contribution in [0.3, 0.4) is 0 Å². The molecule has 86 valence electrons. The first-order chi connectivity index (χ1) is 7.20. The molecule has 15 heavy (non-hydrogen) atoms. The zero-order valence-electron chi connectivity index (χ0n) is 9.44. The highest BCUT2D eigenvalue weighted by molar-refractivity contribution is 5.28. The van der Waals surface area contributed by atoms with Crippen molar-refractivity contribution in [1.29, 1.82) is 0 Å². The molecule has 0 saturated heterocycles. The van der Waals surface area contributed by atoms with Gasteiger partial charge in [0.05, 0.1) is 0 Å². The molecule has 0 spiro atoms. The molecule has 3 heteroatoms. The fraction of sp³-hybridized carbons (Fsp3) is 0.500. The number of ether oxygens (including phenoxy) is 1. The zero-order chi connectivity index (χ0) is 11.5. The summed E-state index contributed by atoms with van der Waals surface area (Å²) >= 11 is 0. The summed E-state index contributed by atoms with van der Waals surface area (Å²) in [5, 5.41) is 17.3. The van der Waals surface area contributed by atoms with Crippen LogP contribution < -0.4 is 0 Å². The molecule has 0 atom stereocenters. The molecule has 0 aliphatic heterocycles. The van der Waals surface area contributed by atoms with Crippen molar-refractivity contribution < 1.29 is 14.9 Å². The van der Waals surface area contributed by atoms with Crippen molar-refractivity contribution in [3.8, 4) is 11.5 Å². The minimum atomic E-state index is 0.169. The predicted molar refractivity (Wildman–Crippen MR) is 61.2 cm³/mol. The Morgan fingerprint density at radius 3 is 1.47 bits per heavy atom. The third-order valence-electron chi connectivity index (χ3n) is 1.55. The van der Waals surface area contributed by atoms with Gasteiger partial charge in [0.1, 0.15) is 11.5 Å². The molecule has 0 saturated carbocycles. The van der Waals surface area contributed by atoms with E-state index < -0.39 is 0 Å². The molecule has 0 unspecified atom stereocenters. The van der Waals surface area contributed by atoms with E-state index in [1.54, 1.807) is 0 Å². The lowest BCUT2D eigenvalue weighted by atomic mass is 10.3. The number of hydrogen-bond donors (Lipinski definition) is 2. The smallest absolute Gasteiger partial charge is 0.115 e. The Hall–Kier alpha value is -1.22. The molecule has 0 heterocycles. The van der Waals surface area contributed by atoms with E-state index in [1.807, 2.05) is 0 Å². The Bertz CT molecular complexity index is 206. The van der Waals surface area contributed by atoms with Crippen molar-refractivity contribution in [2.24, 2.45) is 0 Å². The maximum Gasteiger partial charge on any atom is 0.115 e. The van der Waals surface area contributed by atoms with E-state index in [4.69, 9.17) is 14.9 Å². The van der Waals surface area contributed by atoms with E-state index >= 15 is 0 Å². The van der Waals surface area contributed by atoms with Crippen LogP contribution in [0.4, 0.5) is 0 Å². The second-order valence-corrected chi connectivity index (χ2v) is 3.13. The van der Waals surface area contributed by atoms with E-state index in [0.29, 0.717) is 0 Å². The van der Waals surface area contributed by atoms with Crippen LogP contribution in [0, 0.1) is 0 Å². The van der Waals surface area contributed by atoms with Crippen LogP contribution in [0.15, 0.2) is 24.3 Å². The van der Waals surface area contributed by atoms with E-state index in [0.717, 1.165) is 26.1 Å². The molecule has 0 aliphatic rings. The first-order valence-electron chi connectivity index (χ1n) is 5.26. The Kier molecular flexibility index (Phi) is 8.58. The van der Waals surface area contributed by atoms with E-state index in [-0.39, 0.29) is 11.5 Å². The third-order valence-corrected chi connectivity index (χ3v) is 1.55. The molecular formula is C12H20O3. The fourth-order valence-electron chi connectivity index (χ4n) is 0.843. The second kappa shape index (κ2) is 9.34. The topological polar surface area (TPSA) is 49.7 Å². The summed E-state index contributed by atoms with van der Waals surface area (Å²) in [6.07, 6.45) is 2.28. The zero-order valence-corrected chi connectivity index (χ0v) is 9.44. The molecule has 0 amide bonds. The van der Waals surface area contributed by atoms with Gasteiger partial charge in [-0.3, -0.25) is 0 Å². The van der Waals surface area contributed by atoms with Gasteiger partial charge >= 0.3 is 0 Å². The molecule has 1 rings (SSSR count). The summed E-state index contributed by atoms with van der Waals surface area (Å²) < 4.78 is 5.13. The molecule has 3 nitrogen and oxygen atoms in total. The van der Waals surface area contributed by atoms with Crippen LogP contribution in [0.1, 0.15) is 26.7 Å². The summed E-state index contributed by atoms with van der Waals surface area (Å²) in [6, 6.07) is 5.70. The van der Waals surface area contributed by atoms with Gasteiger partial charge in [0.25, 0.3) is 0 Å². The molecule has 0 aliphatic carbocycles. The van der Waals surface area contributed by atoms with Crippen LogP contribution in [-0.2, 0) is 4.74 Å². The van der Waals surface area contributed by atoms with Crippen molar-refractivity contribution in [3.63, 3.8) is 0 Å². The lowest BCUT2D eigenvalue weighted by Gasteiger charge is -1.95. The Morgan fingerprint density at radius 1 is 0.867 bits per heavy atom. The lowest BCUT2D eigenvalue weighted by Crippen LogP contribution is -1.92. The Balaban J connectivity index is 0.000000265. The van der Waals surface area contributed by atoms with E-state index in [9.17, 15) is 0 Å². The third kappa shape index (κ3) is 9.09. The maximum absolute atomic E-state index is 8.65. The predicted octanol–water partition coefficient (Wildman–Crippen LogP) is 2.92. The highest BCUT2D eigenvalue weighted by atomic mass is 16.5. The number of phenolic OH excluding ortho intramolecular Hbond substituents is 2. The van der Waals surface area contributed by atoms with Crippen LogP contribution >= 0.6 is 0 Å². The number of rotatable bonds is 4. The average molecular weight is 212 g/mol. The molecular weight excluding hydrogens is 192 g/mol. The number of benzene rings is 1. The van der Waals surface area contributed by atoms with Crippen LogP contribution in [0.25, 0.3) is 0 Å². The highest BCUT2D eigenvalue weighted by Gasteiger charge is 1.84. The van der Waals surface area contributed by atoms with Crippen molar-refractivity contribution in [2.75, 3.05) is 13.2 Å². The monoisotopic (exact) mass is 212 g/mol. The summed E-state index contributed by atoms with van der Waals surface area (Å²) in [5.74, 6) is 0.339. The van der Waals surface area contributed by atoms with Gasteiger partial charge in [0, 0.05) is 13.2 Å². The van der Waals surface area contributed by atoms with Gasteiger partial charge in [0.2, 0.25) is 0 Å². The average Bonchev–Trinajstić information content (AvgIpc) is 2.24. The van der Waals surface area contributed by atoms with Crippen molar-refractivity contribution in [2.45, 2.75) is 26.7 Å². The first kappa shape index (κ1) is 13.8. The van der Waals surface area contributed by atoms with Crippen LogP contribution in [-0.4, -0.2) is 23.4 Å². The van der Waals surface area contributed by atoms with Crippen LogP contribution in [0.2, 0.25) is 0 Å². The quantitative estimate of drug-likeness (QED) is 0.596. The van der Waals surface area contributed by atoms with Crippen molar-refractivity contribution in [1.82, 2.24) is 0 Å².